The van der Waals surface area contributed by atoms with Crippen molar-refractivity contribution in [2.45, 2.75) is 17.8 Å². The Labute approximate surface area is 195 Å². The van der Waals surface area contributed by atoms with Crippen molar-refractivity contribution in [1.82, 2.24) is 10.2 Å². The summed E-state index contributed by atoms with van der Waals surface area (Å²) in [6.07, 6.45) is 3.11. The molecular formula is C25H22N2O5S. The number of amides is 2. The van der Waals surface area contributed by atoms with Crippen LogP contribution < -0.4 is 5.32 Å². The van der Waals surface area contributed by atoms with E-state index in [9.17, 15) is 19.2 Å². The fourth-order valence-corrected chi connectivity index (χ4v) is 5.06. The lowest BCUT2D eigenvalue weighted by atomic mass is 10.0. The van der Waals surface area contributed by atoms with Crippen molar-refractivity contribution in [3.63, 3.8) is 0 Å². The number of carbonyl (C=O) groups excluding carboxylic acids is 4. The first-order valence-corrected chi connectivity index (χ1v) is 11.4. The molecular weight excluding hydrogens is 440 g/mol. The van der Waals surface area contributed by atoms with Gasteiger partial charge in [-0.2, -0.15) is 0 Å². The second kappa shape index (κ2) is 9.87. The van der Waals surface area contributed by atoms with Gasteiger partial charge in [-0.3, -0.25) is 19.3 Å². The van der Waals surface area contributed by atoms with E-state index in [4.69, 9.17) is 4.74 Å². The van der Waals surface area contributed by atoms with Crippen molar-refractivity contribution in [2.75, 3.05) is 12.9 Å². The molecule has 33 heavy (non-hydrogen) atoms. The van der Waals surface area contributed by atoms with Crippen molar-refractivity contribution < 1.29 is 23.9 Å². The zero-order valence-corrected chi connectivity index (χ0v) is 18.7. The lowest BCUT2D eigenvalue weighted by Gasteiger charge is -2.49. The second-order valence-electron chi connectivity index (χ2n) is 7.55. The van der Waals surface area contributed by atoms with Crippen LogP contribution in [0.2, 0.25) is 0 Å². The molecule has 1 saturated heterocycles. The van der Waals surface area contributed by atoms with Crippen LogP contribution in [0.4, 0.5) is 0 Å². The average molecular weight is 463 g/mol. The van der Waals surface area contributed by atoms with E-state index in [1.54, 1.807) is 30.3 Å². The third-order valence-corrected chi connectivity index (χ3v) is 6.70. The predicted molar refractivity (Wildman–Crippen MR) is 124 cm³/mol. The predicted octanol–water partition coefficient (Wildman–Crippen LogP) is 2.50. The molecule has 1 N–H and O–H groups in total. The molecule has 2 aliphatic rings. The number of esters is 1. The number of nitrogens with one attached hydrogen (secondary N) is 1. The summed E-state index contributed by atoms with van der Waals surface area (Å²) in [6, 6.07) is 17.3. The number of carbonyl (C=O) groups is 4. The number of fused-ring (bicyclic) bond motifs is 1. The Balaban J connectivity index is 1.50. The van der Waals surface area contributed by atoms with Crippen LogP contribution in [0.15, 0.2) is 84.1 Å². The number of methoxy groups -OCH3 is 1. The van der Waals surface area contributed by atoms with Gasteiger partial charge in [-0.1, -0.05) is 66.7 Å². The van der Waals surface area contributed by atoms with Crippen LogP contribution in [0.5, 0.6) is 0 Å². The molecule has 0 aromatic heterocycles. The third-order valence-electron chi connectivity index (χ3n) is 5.39. The molecule has 7 nitrogen and oxygen atoms in total. The van der Waals surface area contributed by atoms with Gasteiger partial charge in [-0.15, -0.1) is 11.8 Å². The van der Waals surface area contributed by atoms with E-state index in [1.807, 2.05) is 36.4 Å². The Bertz CT molecular complexity index is 1140. The minimum Gasteiger partial charge on any atom is -0.464 e. The number of rotatable bonds is 7. The number of allylic oxidation sites excluding steroid dienone is 2. The van der Waals surface area contributed by atoms with Crippen molar-refractivity contribution in [3.05, 3.63) is 95.2 Å². The number of ether oxygens (including phenoxy) is 1. The number of nitrogens with zero attached hydrogens (tertiary/aromatic N) is 1. The van der Waals surface area contributed by atoms with Crippen LogP contribution in [0.25, 0.3) is 0 Å². The van der Waals surface area contributed by atoms with Crippen molar-refractivity contribution in [2.24, 2.45) is 0 Å². The van der Waals surface area contributed by atoms with E-state index in [-0.39, 0.29) is 29.7 Å². The number of hydrogen-bond donors (Lipinski definition) is 1. The summed E-state index contributed by atoms with van der Waals surface area (Å²) in [5.41, 5.74) is 2.00. The van der Waals surface area contributed by atoms with Gasteiger partial charge in [-0.05, 0) is 17.2 Å². The highest BCUT2D eigenvalue weighted by Gasteiger charge is 2.54. The van der Waals surface area contributed by atoms with E-state index in [2.05, 4.69) is 5.32 Å². The number of benzene rings is 2. The molecule has 0 aliphatic carbocycles. The van der Waals surface area contributed by atoms with E-state index < -0.39 is 17.4 Å². The summed E-state index contributed by atoms with van der Waals surface area (Å²) in [7, 11) is 1.24. The van der Waals surface area contributed by atoms with Crippen LogP contribution in [0, 0.1) is 0 Å². The van der Waals surface area contributed by atoms with Crippen molar-refractivity contribution in [1.29, 1.82) is 0 Å². The third kappa shape index (κ3) is 4.75. The number of hydrogen-bond acceptors (Lipinski definition) is 6. The molecule has 2 amide bonds. The molecule has 1 fully saturated rings. The highest BCUT2D eigenvalue weighted by molar-refractivity contribution is 8.00. The van der Waals surface area contributed by atoms with E-state index >= 15 is 0 Å². The monoisotopic (exact) mass is 462 g/mol. The van der Waals surface area contributed by atoms with E-state index in [0.29, 0.717) is 16.9 Å². The number of thioether (sulfide) groups is 1. The van der Waals surface area contributed by atoms with Gasteiger partial charge >= 0.3 is 5.97 Å². The molecule has 8 heteroatoms. The Morgan fingerprint density at radius 1 is 1.09 bits per heavy atom. The summed E-state index contributed by atoms with van der Waals surface area (Å²) in [4.78, 5) is 51.6. The highest BCUT2D eigenvalue weighted by Crippen LogP contribution is 2.41. The largest absolute Gasteiger partial charge is 0.464 e. The van der Waals surface area contributed by atoms with Gasteiger partial charge < -0.3 is 10.1 Å². The molecule has 2 atom stereocenters. The lowest BCUT2D eigenvalue weighted by molar-refractivity contribution is -0.151. The molecule has 2 aromatic carbocycles. The Hall–Kier alpha value is -3.65. The fraction of sp³-hybridized carbons (Fsp3) is 0.200. The minimum absolute atomic E-state index is 0.108. The molecule has 168 valence electrons. The minimum atomic E-state index is -0.720. The molecule has 2 aliphatic heterocycles. The van der Waals surface area contributed by atoms with Crippen LogP contribution in [-0.4, -0.2) is 52.7 Å². The van der Waals surface area contributed by atoms with Gasteiger partial charge in [0.1, 0.15) is 17.1 Å². The topological polar surface area (TPSA) is 92.8 Å². The maximum absolute atomic E-state index is 12.9. The highest BCUT2D eigenvalue weighted by atomic mass is 32.2. The zero-order valence-electron chi connectivity index (χ0n) is 17.9. The van der Waals surface area contributed by atoms with Gasteiger partial charge in [-0.25, -0.2) is 4.79 Å². The Morgan fingerprint density at radius 3 is 2.42 bits per heavy atom. The molecule has 0 unspecified atom stereocenters. The standard InChI is InChI=1S/C25H22N2O5S/c1-32-25(31)22-18(12-13-19(28)17-10-6-3-7-11-17)15-33-24-21(23(30)27(22)24)26-20(29)14-16-8-4-2-5-9-16/h2-13,21,24H,14-15H2,1H3,(H,26,29)/b13-12+/t21-,24-/m1/s1. The molecule has 0 spiro atoms. The maximum atomic E-state index is 12.9. The number of ketones is 1. The van der Waals surface area contributed by atoms with E-state index in [1.165, 1.54) is 29.8 Å². The normalized spacial score (nSPS) is 19.7. The van der Waals surface area contributed by atoms with Crippen molar-refractivity contribution >= 4 is 35.3 Å². The molecule has 2 heterocycles. The Kier molecular flexibility index (Phi) is 6.74. The summed E-state index contributed by atoms with van der Waals surface area (Å²) in [5.74, 6) is -1.12. The molecule has 0 radical (unpaired) electrons. The van der Waals surface area contributed by atoms with Gasteiger partial charge in [0.05, 0.1) is 13.5 Å². The molecule has 0 saturated carbocycles. The lowest BCUT2D eigenvalue weighted by Crippen LogP contribution is -2.70. The van der Waals surface area contributed by atoms with Crippen LogP contribution >= 0.6 is 11.8 Å². The summed E-state index contributed by atoms with van der Waals surface area (Å²) in [5, 5.41) is 2.37. The average Bonchev–Trinajstić information content (AvgIpc) is 2.85. The maximum Gasteiger partial charge on any atom is 0.355 e. The van der Waals surface area contributed by atoms with Gasteiger partial charge in [0.15, 0.2) is 5.78 Å². The molecule has 2 aromatic rings. The molecule has 0 bridgehead atoms. The zero-order chi connectivity index (χ0) is 23.4. The van der Waals surface area contributed by atoms with Crippen LogP contribution in [0.1, 0.15) is 15.9 Å². The van der Waals surface area contributed by atoms with Crippen LogP contribution in [0.3, 0.4) is 0 Å². The SMILES string of the molecule is COC(=O)C1=C(/C=C/C(=O)c2ccccc2)CS[C@@H]2[C@H](NC(=O)Cc3ccccc3)C(=O)N12. The van der Waals surface area contributed by atoms with Crippen LogP contribution in [-0.2, 0) is 25.5 Å². The summed E-state index contributed by atoms with van der Waals surface area (Å²) < 4.78 is 4.90. The summed E-state index contributed by atoms with van der Waals surface area (Å²) in [6.45, 7) is 0. The van der Waals surface area contributed by atoms with E-state index in [0.717, 1.165) is 5.56 Å². The summed E-state index contributed by atoms with van der Waals surface area (Å²) >= 11 is 1.42. The first-order valence-electron chi connectivity index (χ1n) is 10.4. The van der Waals surface area contributed by atoms with Gasteiger partial charge in [0, 0.05) is 11.3 Å². The second-order valence-corrected chi connectivity index (χ2v) is 8.65. The van der Waals surface area contributed by atoms with Gasteiger partial charge in [0.25, 0.3) is 5.91 Å². The van der Waals surface area contributed by atoms with Crippen molar-refractivity contribution in [3.8, 4) is 0 Å². The first kappa shape index (κ1) is 22.5. The number of β-lactam (4-membered cyclic amide) rings is 1. The fourth-order valence-electron chi connectivity index (χ4n) is 3.74. The Morgan fingerprint density at radius 2 is 1.76 bits per heavy atom. The van der Waals surface area contributed by atoms with Gasteiger partial charge in [0.2, 0.25) is 5.91 Å². The quantitative estimate of drug-likeness (QED) is 0.294. The molecule has 4 rings (SSSR count). The first-order chi connectivity index (χ1) is 16.0. The smallest absolute Gasteiger partial charge is 0.355 e.